The van der Waals surface area contributed by atoms with Crippen molar-refractivity contribution in [2.75, 3.05) is 11.9 Å². The van der Waals surface area contributed by atoms with Gasteiger partial charge in [-0.1, -0.05) is 6.58 Å². The fourth-order valence-electron chi connectivity index (χ4n) is 1.93. The van der Waals surface area contributed by atoms with E-state index in [9.17, 15) is 14.9 Å². The number of nitro benzene ring substituents is 1. The van der Waals surface area contributed by atoms with Crippen LogP contribution in [0.4, 0.5) is 11.4 Å². The van der Waals surface area contributed by atoms with E-state index in [2.05, 4.69) is 6.58 Å². The molecule has 0 bridgehead atoms. The van der Waals surface area contributed by atoms with Crippen LogP contribution in [0.5, 0.6) is 0 Å². The molecule has 0 unspecified atom stereocenters. The van der Waals surface area contributed by atoms with Crippen molar-refractivity contribution in [3.63, 3.8) is 0 Å². The molecule has 0 saturated carbocycles. The molecule has 0 heterocycles. The maximum absolute atomic E-state index is 11.6. The average Bonchev–Trinajstić information content (AvgIpc) is 2.31. The molecule has 0 atom stereocenters. The van der Waals surface area contributed by atoms with Crippen LogP contribution in [0.1, 0.15) is 16.7 Å². The minimum absolute atomic E-state index is 0.107. The first kappa shape index (κ1) is 13.9. The normalized spacial score (nSPS) is 10.0. The number of nitro groups is 1. The number of aryl methyl sites for hydroxylation is 1. The molecule has 0 N–H and O–H groups in total. The molecular weight excluding hydrogens is 232 g/mol. The third kappa shape index (κ3) is 2.25. The largest absolute Gasteiger partial charge is 0.312 e. The van der Waals surface area contributed by atoms with Crippen LogP contribution in [0.2, 0.25) is 0 Å². The Morgan fingerprint density at radius 3 is 2.39 bits per heavy atom. The first-order valence-corrected chi connectivity index (χ1v) is 5.46. The second-order valence-corrected chi connectivity index (χ2v) is 4.17. The summed E-state index contributed by atoms with van der Waals surface area (Å²) in [7, 11) is 1.62. The van der Waals surface area contributed by atoms with Crippen LogP contribution in [0.25, 0.3) is 0 Å². The highest BCUT2D eigenvalue weighted by Gasteiger charge is 2.21. The number of carbonyl (C=O) groups excluding carboxylic acids is 1. The Kier molecular flexibility index (Phi) is 3.86. The molecule has 18 heavy (non-hydrogen) atoms. The van der Waals surface area contributed by atoms with Gasteiger partial charge in [-0.05, 0) is 38.5 Å². The molecule has 1 aromatic carbocycles. The van der Waals surface area contributed by atoms with Gasteiger partial charge in [0, 0.05) is 23.9 Å². The number of hydrogen-bond acceptors (Lipinski definition) is 3. The van der Waals surface area contributed by atoms with Gasteiger partial charge < -0.3 is 4.90 Å². The zero-order chi connectivity index (χ0) is 14.0. The van der Waals surface area contributed by atoms with Crippen LogP contribution in [-0.2, 0) is 4.79 Å². The molecule has 1 aromatic rings. The molecule has 5 nitrogen and oxygen atoms in total. The Balaban J connectivity index is 3.47. The summed E-state index contributed by atoms with van der Waals surface area (Å²) in [6.45, 7) is 8.55. The van der Waals surface area contributed by atoms with E-state index in [-0.39, 0.29) is 11.6 Å². The lowest BCUT2D eigenvalue weighted by atomic mass is 10.0. The maximum Gasteiger partial charge on any atom is 0.275 e. The fourth-order valence-corrected chi connectivity index (χ4v) is 1.93. The molecule has 96 valence electrons. The molecule has 0 aromatic heterocycles. The van der Waals surface area contributed by atoms with Gasteiger partial charge in [-0.25, -0.2) is 0 Å². The first-order chi connectivity index (χ1) is 8.31. The Labute approximate surface area is 106 Å². The second-order valence-electron chi connectivity index (χ2n) is 4.17. The highest BCUT2D eigenvalue weighted by molar-refractivity contribution is 6.01. The lowest BCUT2D eigenvalue weighted by molar-refractivity contribution is -0.386. The first-order valence-electron chi connectivity index (χ1n) is 5.46. The van der Waals surface area contributed by atoms with E-state index in [1.54, 1.807) is 33.9 Å². The zero-order valence-electron chi connectivity index (χ0n) is 11.0. The van der Waals surface area contributed by atoms with Gasteiger partial charge in [0.25, 0.3) is 5.69 Å². The Morgan fingerprint density at radius 1 is 1.39 bits per heavy atom. The summed E-state index contributed by atoms with van der Waals surface area (Å²) in [6.07, 6.45) is 1.21. The van der Waals surface area contributed by atoms with Gasteiger partial charge in [0.15, 0.2) is 0 Å². The summed E-state index contributed by atoms with van der Waals surface area (Å²) in [5, 5.41) is 11.0. The standard InChI is InChI=1S/C13H16N2O3/c1-6-12(16)14(5)11-7-8(2)13(15(17)18)10(4)9(11)3/h6-7H,1H2,2-5H3. The number of amides is 1. The molecule has 0 radical (unpaired) electrons. The van der Waals surface area contributed by atoms with E-state index in [4.69, 9.17) is 0 Å². The van der Waals surface area contributed by atoms with Crippen molar-refractivity contribution in [3.8, 4) is 0 Å². The minimum atomic E-state index is -0.392. The maximum atomic E-state index is 11.6. The third-order valence-electron chi connectivity index (χ3n) is 3.08. The second kappa shape index (κ2) is 5.00. The van der Waals surface area contributed by atoms with E-state index in [1.807, 2.05) is 0 Å². The van der Waals surface area contributed by atoms with Crippen LogP contribution in [0.3, 0.4) is 0 Å². The molecule has 0 saturated heterocycles. The van der Waals surface area contributed by atoms with Gasteiger partial charge >= 0.3 is 0 Å². The van der Waals surface area contributed by atoms with Crippen LogP contribution in [0.15, 0.2) is 18.7 Å². The average molecular weight is 248 g/mol. The number of anilines is 1. The number of carbonyl (C=O) groups is 1. The molecule has 0 aliphatic carbocycles. The van der Waals surface area contributed by atoms with Crippen molar-refractivity contribution in [1.29, 1.82) is 0 Å². The zero-order valence-corrected chi connectivity index (χ0v) is 11.0. The van der Waals surface area contributed by atoms with Crippen LogP contribution < -0.4 is 4.90 Å². The Bertz CT molecular complexity index is 536. The van der Waals surface area contributed by atoms with E-state index < -0.39 is 4.92 Å². The van der Waals surface area contributed by atoms with Gasteiger partial charge in [0.2, 0.25) is 5.91 Å². The fraction of sp³-hybridized carbons (Fsp3) is 0.308. The van der Waals surface area contributed by atoms with Crippen LogP contribution in [0, 0.1) is 30.9 Å². The molecule has 0 aliphatic rings. The van der Waals surface area contributed by atoms with Gasteiger partial charge in [-0.15, -0.1) is 0 Å². The summed E-state index contributed by atoms with van der Waals surface area (Å²) in [6, 6.07) is 1.65. The predicted molar refractivity (Wildman–Crippen MR) is 70.9 cm³/mol. The summed E-state index contributed by atoms with van der Waals surface area (Å²) in [5.74, 6) is -0.245. The summed E-state index contributed by atoms with van der Waals surface area (Å²) >= 11 is 0. The monoisotopic (exact) mass is 248 g/mol. The number of hydrogen-bond donors (Lipinski definition) is 0. The molecule has 0 aliphatic heterocycles. The van der Waals surface area contributed by atoms with Crippen LogP contribution >= 0.6 is 0 Å². The topological polar surface area (TPSA) is 63.5 Å². The van der Waals surface area contributed by atoms with Gasteiger partial charge in [0.1, 0.15) is 0 Å². The van der Waals surface area contributed by atoms with Crippen LogP contribution in [-0.4, -0.2) is 17.9 Å². The number of nitrogens with zero attached hydrogens (tertiary/aromatic N) is 2. The SMILES string of the molecule is C=CC(=O)N(C)c1cc(C)c([N+](=O)[O-])c(C)c1C. The predicted octanol–water partition coefficient (Wildman–Crippen LogP) is 2.67. The minimum Gasteiger partial charge on any atom is -0.312 e. The number of likely N-dealkylation sites (N-methyl/N-ethyl adjacent to an activating group) is 1. The van der Waals surface area contributed by atoms with Crippen molar-refractivity contribution >= 4 is 17.3 Å². The number of benzene rings is 1. The third-order valence-corrected chi connectivity index (χ3v) is 3.08. The summed E-state index contributed by atoms with van der Waals surface area (Å²) < 4.78 is 0. The van der Waals surface area contributed by atoms with Crippen molar-refractivity contribution in [2.24, 2.45) is 0 Å². The summed E-state index contributed by atoms with van der Waals surface area (Å²) in [4.78, 5) is 23.6. The Morgan fingerprint density at radius 2 is 1.94 bits per heavy atom. The molecule has 0 spiro atoms. The molecule has 1 amide bonds. The lowest BCUT2D eigenvalue weighted by Gasteiger charge is -2.20. The van der Waals surface area contributed by atoms with E-state index in [0.717, 1.165) is 5.56 Å². The Hall–Kier alpha value is -2.17. The summed E-state index contributed by atoms with van der Waals surface area (Å²) in [5.41, 5.74) is 2.63. The quantitative estimate of drug-likeness (QED) is 0.469. The molecule has 1 rings (SSSR count). The van der Waals surface area contributed by atoms with E-state index >= 15 is 0 Å². The van der Waals surface area contributed by atoms with Crippen molar-refractivity contribution < 1.29 is 9.72 Å². The molecule has 0 fully saturated rings. The van der Waals surface area contributed by atoms with E-state index in [1.165, 1.54) is 11.0 Å². The highest BCUT2D eigenvalue weighted by Crippen LogP contribution is 2.32. The smallest absolute Gasteiger partial charge is 0.275 e. The number of rotatable bonds is 3. The van der Waals surface area contributed by atoms with Crippen molar-refractivity contribution in [1.82, 2.24) is 0 Å². The van der Waals surface area contributed by atoms with Gasteiger partial charge in [-0.2, -0.15) is 0 Å². The van der Waals surface area contributed by atoms with E-state index in [0.29, 0.717) is 16.8 Å². The van der Waals surface area contributed by atoms with Crippen molar-refractivity contribution in [2.45, 2.75) is 20.8 Å². The molecular formula is C13H16N2O3. The lowest BCUT2D eigenvalue weighted by Crippen LogP contribution is -2.25. The highest BCUT2D eigenvalue weighted by atomic mass is 16.6. The van der Waals surface area contributed by atoms with Gasteiger partial charge in [0.05, 0.1) is 4.92 Å². The van der Waals surface area contributed by atoms with Crippen molar-refractivity contribution in [3.05, 3.63) is 45.5 Å². The molecule has 5 heteroatoms. The van der Waals surface area contributed by atoms with Gasteiger partial charge in [-0.3, -0.25) is 14.9 Å².